The second-order valence-corrected chi connectivity index (χ2v) is 11.3. The molecule has 0 saturated heterocycles. The van der Waals surface area contributed by atoms with Gasteiger partial charge in [-0.25, -0.2) is 13.9 Å². The van der Waals surface area contributed by atoms with Crippen molar-refractivity contribution in [3.8, 4) is 11.1 Å². The summed E-state index contributed by atoms with van der Waals surface area (Å²) in [5, 5.41) is 4.69. The first-order valence-electron chi connectivity index (χ1n) is 13.7. The van der Waals surface area contributed by atoms with E-state index in [2.05, 4.69) is 62.3 Å². The molecule has 0 radical (unpaired) electrons. The molecular formula is C33H38FN3O2. The van der Waals surface area contributed by atoms with E-state index in [-0.39, 0.29) is 29.1 Å². The second-order valence-electron chi connectivity index (χ2n) is 11.3. The number of aryl methyl sites for hydroxylation is 2. The smallest absolute Gasteiger partial charge is 0.300 e. The highest BCUT2D eigenvalue weighted by Crippen LogP contribution is 2.25. The van der Waals surface area contributed by atoms with Gasteiger partial charge in [0.25, 0.3) is 0 Å². The van der Waals surface area contributed by atoms with Gasteiger partial charge in [0.05, 0.1) is 6.54 Å². The Morgan fingerprint density at radius 1 is 0.923 bits per heavy atom. The maximum atomic E-state index is 14.1. The molecule has 0 unspecified atom stereocenters. The van der Waals surface area contributed by atoms with Crippen LogP contribution in [-0.4, -0.2) is 20.1 Å². The number of halogens is 1. The highest BCUT2D eigenvalue weighted by Gasteiger charge is 2.15. The first kappa shape index (κ1) is 28.2. The Morgan fingerprint density at radius 3 is 2.31 bits per heavy atom. The Kier molecular flexibility index (Phi) is 8.63. The highest BCUT2D eigenvalue weighted by atomic mass is 19.1. The molecule has 4 aromatic rings. The molecule has 1 aromatic heterocycles. The highest BCUT2D eigenvalue weighted by molar-refractivity contribution is 5.79. The largest absolute Gasteiger partial charge is 0.346 e. The molecular weight excluding hydrogens is 489 g/mol. The molecule has 0 aliphatic heterocycles. The zero-order valence-electron chi connectivity index (χ0n) is 23.6. The molecule has 0 atom stereocenters. The van der Waals surface area contributed by atoms with Gasteiger partial charge in [0, 0.05) is 19.4 Å². The van der Waals surface area contributed by atoms with Crippen LogP contribution >= 0.6 is 0 Å². The third-order valence-corrected chi connectivity index (χ3v) is 7.08. The second kappa shape index (κ2) is 11.9. The zero-order valence-corrected chi connectivity index (χ0v) is 23.6. The zero-order chi connectivity index (χ0) is 28.2. The molecule has 3 aromatic carbocycles. The van der Waals surface area contributed by atoms with Gasteiger partial charge in [0.1, 0.15) is 17.4 Å². The molecule has 0 N–H and O–H groups in total. The quantitative estimate of drug-likeness (QED) is 0.236. The van der Waals surface area contributed by atoms with Crippen LogP contribution in [-0.2, 0) is 42.6 Å². The van der Waals surface area contributed by atoms with E-state index < -0.39 is 0 Å². The summed E-state index contributed by atoms with van der Waals surface area (Å²) in [6, 6.07) is 21.5. The first-order valence-corrected chi connectivity index (χ1v) is 13.7. The SMILES string of the molecule is CCn1c(CCCc2cccc(-c3ccc(F)c(CC(C)=O)c3)c2)nn(Cc2ccc(C(C)(C)C)cc2)c1=O. The molecule has 6 heteroatoms. The number of hydrogen-bond acceptors (Lipinski definition) is 3. The van der Waals surface area contributed by atoms with Crippen LogP contribution < -0.4 is 5.69 Å². The van der Waals surface area contributed by atoms with Gasteiger partial charge >= 0.3 is 5.69 Å². The van der Waals surface area contributed by atoms with E-state index in [1.54, 1.807) is 21.4 Å². The fraction of sp³-hybridized carbons (Fsp3) is 0.364. The molecule has 0 bridgehead atoms. The predicted octanol–water partition coefficient (Wildman–Crippen LogP) is 6.52. The number of rotatable bonds is 10. The molecule has 1 heterocycles. The van der Waals surface area contributed by atoms with Gasteiger partial charge in [-0.1, -0.05) is 75.4 Å². The Balaban J connectivity index is 1.44. The van der Waals surface area contributed by atoms with Crippen LogP contribution in [0.4, 0.5) is 4.39 Å². The summed E-state index contributed by atoms with van der Waals surface area (Å²) in [7, 11) is 0. The topological polar surface area (TPSA) is 56.9 Å². The first-order chi connectivity index (χ1) is 18.5. The Labute approximate surface area is 230 Å². The van der Waals surface area contributed by atoms with Gasteiger partial charge in [-0.05, 0) is 77.6 Å². The fourth-order valence-electron chi connectivity index (χ4n) is 4.89. The number of benzene rings is 3. The number of aromatic nitrogens is 3. The Hall–Kier alpha value is -3.80. The molecule has 5 nitrogen and oxygen atoms in total. The van der Waals surface area contributed by atoms with Gasteiger partial charge in [-0.3, -0.25) is 9.36 Å². The van der Waals surface area contributed by atoms with E-state index in [1.165, 1.54) is 18.6 Å². The third kappa shape index (κ3) is 6.99. The van der Waals surface area contributed by atoms with Crippen LogP contribution in [0.1, 0.15) is 69.1 Å². The van der Waals surface area contributed by atoms with Crippen molar-refractivity contribution in [3.05, 3.63) is 111 Å². The van der Waals surface area contributed by atoms with Crippen molar-refractivity contribution in [3.63, 3.8) is 0 Å². The molecule has 0 amide bonds. The fourth-order valence-corrected chi connectivity index (χ4v) is 4.89. The lowest BCUT2D eigenvalue weighted by Crippen LogP contribution is -2.25. The molecule has 39 heavy (non-hydrogen) atoms. The van der Waals surface area contributed by atoms with Crippen molar-refractivity contribution < 1.29 is 9.18 Å². The van der Waals surface area contributed by atoms with Crippen LogP contribution in [0.2, 0.25) is 0 Å². The minimum Gasteiger partial charge on any atom is -0.300 e. The minimum absolute atomic E-state index is 0.0637. The summed E-state index contributed by atoms with van der Waals surface area (Å²) in [6.45, 7) is 11.0. The van der Waals surface area contributed by atoms with Crippen LogP contribution in [0, 0.1) is 5.82 Å². The van der Waals surface area contributed by atoms with E-state index in [1.807, 2.05) is 19.1 Å². The van der Waals surface area contributed by atoms with E-state index in [0.717, 1.165) is 40.9 Å². The van der Waals surface area contributed by atoms with E-state index in [4.69, 9.17) is 0 Å². The third-order valence-electron chi connectivity index (χ3n) is 7.08. The molecule has 0 aliphatic rings. The van der Waals surface area contributed by atoms with Crippen LogP contribution in [0.3, 0.4) is 0 Å². The lowest BCUT2D eigenvalue weighted by molar-refractivity contribution is -0.116. The van der Waals surface area contributed by atoms with E-state index in [9.17, 15) is 14.0 Å². The predicted molar refractivity (Wildman–Crippen MR) is 155 cm³/mol. The molecule has 0 aliphatic carbocycles. The molecule has 204 valence electrons. The molecule has 4 rings (SSSR count). The van der Waals surface area contributed by atoms with Gasteiger partial charge in [0.15, 0.2) is 0 Å². The average molecular weight is 528 g/mol. The maximum Gasteiger partial charge on any atom is 0.346 e. The average Bonchev–Trinajstić information content (AvgIpc) is 3.18. The summed E-state index contributed by atoms with van der Waals surface area (Å²) < 4.78 is 17.5. The van der Waals surface area contributed by atoms with Crippen LogP contribution in [0.5, 0.6) is 0 Å². The lowest BCUT2D eigenvalue weighted by Gasteiger charge is -2.19. The molecule has 0 fully saturated rings. The maximum absolute atomic E-state index is 14.1. The van der Waals surface area contributed by atoms with Gasteiger partial charge < -0.3 is 0 Å². The van der Waals surface area contributed by atoms with Crippen molar-refractivity contribution >= 4 is 5.78 Å². The molecule has 0 spiro atoms. The van der Waals surface area contributed by atoms with Gasteiger partial charge in [0.2, 0.25) is 0 Å². The van der Waals surface area contributed by atoms with Gasteiger partial charge in [-0.15, -0.1) is 0 Å². The van der Waals surface area contributed by atoms with Crippen molar-refractivity contribution in [2.24, 2.45) is 0 Å². The number of Topliss-reactive ketones (excluding diaryl/α,β-unsaturated/α-hetero) is 1. The van der Waals surface area contributed by atoms with Crippen LogP contribution in [0.25, 0.3) is 11.1 Å². The number of hydrogen-bond donors (Lipinski definition) is 0. The summed E-state index contributed by atoms with van der Waals surface area (Å²) in [6.07, 6.45) is 2.46. The van der Waals surface area contributed by atoms with Crippen molar-refractivity contribution in [1.82, 2.24) is 14.3 Å². The summed E-state index contributed by atoms with van der Waals surface area (Å²) in [5.74, 6) is 0.386. The summed E-state index contributed by atoms with van der Waals surface area (Å²) in [4.78, 5) is 24.5. The van der Waals surface area contributed by atoms with Crippen molar-refractivity contribution in [1.29, 1.82) is 0 Å². The van der Waals surface area contributed by atoms with Crippen molar-refractivity contribution in [2.75, 3.05) is 0 Å². The standard InChI is InChI=1S/C33H38FN3O2/c1-6-36-31(35-37(32(36)39)22-25-13-16-29(17-14-25)33(3,4)5)12-8-10-24-9-7-11-26(20-24)27-15-18-30(34)28(21-27)19-23(2)38/h7,9,11,13-18,20-21H,6,8,10,12,19,22H2,1-5H3. The normalized spacial score (nSPS) is 11.6. The number of nitrogens with zero attached hydrogens (tertiary/aromatic N) is 3. The Bertz CT molecular complexity index is 1510. The minimum atomic E-state index is -0.353. The van der Waals surface area contributed by atoms with Crippen molar-refractivity contribution in [2.45, 2.75) is 78.8 Å². The molecule has 0 saturated carbocycles. The van der Waals surface area contributed by atoms with E-state index in [0.29, 0.717) is 25.1 Å². The monoisotopic (exact) mass is 527 g/mol. The van der Waals surface area contributed by atoms with Gasteiger partial charge in [-0.2, -0.15) is 5.10 Å². The summed E-state index contributed by atoms with van der Waals surface area (Å²) in [5.41, 5.74) is 5.79. The number of carbonyl (C=O) groups excluding carboxylic acids is 1. The lowest BCUT2D eigenvalue weighted by atomic mass is 9.87. The summed E-state index contributed by atoms with van der Waals surface area (Å²) >= 11 is 0. The number of ketones is 1. The number of carbonyl (C=O) groups is 1. The van der Waals surface area contributed by atoms with Crippen LogP contribution in [0.15, 0.2) is 71.5 Å². The Morgan fingerprint density at radius 2 is 1.64 bits per heavy atom. The van der Waals surface area contributed by atoms with E-state index >= 15 is 0 Å².